The monoisotopic (exact) mass is 360 g/mol. The zero-order valence-electron chi connectivity index (χ0n) is 7.37. The number of hydrogen-bond acceptors (Lipinski definition) is 0. The molecule has 0 nitrogen and oxygen atoms in total. The fourth-order valence-corrected chi connectivity index (χ4v) is 8.06. The van der Waals surface area contributed by atoms with Gasteiger partial charge in [-0.05, 0) is 0 Å². The third-order valence-corrected chi connectivity index (χ3v) is 9.25. The third kappa shape index (κ3) is 4.21. The van der Waals surface area contributed by atoms with Crippen molar-refractivity contribution in [1.82, 2.24) is 0 Å². The Morgan fingerprint density at radius 1 is 1.40 bits per heavy atom. The van der Waals surface area contributed by atoms with Crippen LogP contribution in [0.5, 0.6) is 0 Å². The number of allylic oxidation sites excluding steroid dienone is 2. The molecule has 2 heteroatoms. The molecule has 0 heterocycles. The Balaban J connectivity index is 4.10. The van der Waals surface area contributed by atoms with Gasteiger partial charge in [0.2, 0.25) is 0 Å². The summed E-state index contributed by atoms with van der Waals surface area (Å²) in [4.78, 5) is 7.45. The summed E-state index contributed by atoms with van der Waals surface area (Å²) in [6, 6.07) is 0. The zero-order chi connectivity index (χ0) is 8.20. The first-order chi connectivity index (χ1) is 4.52. The Morgan fingerprint density at radius 2 is 1.90 bits per heavy atom. The molecule has 0 aliphatic heterocycles. The number of hydrogen-bond donors (Lipinski definition) is 0. The summed E-state index contributed by atoms with van der Waals surface area (Å²) < 4.78 is 3.06. The van der Waals surface area contributed by atoms with E-state index < -0.39 is 18.4 Å². The topological polar surface area (TPSA) is 0 Å². The van der Waals surface area contributed by atoms with Crippen LogP contribution in [0.4, 0.5) is 0 Å². The van der Waals surface area contributed by atoms with Crippen molar-refractivity contribution >= 4 is 41.0 Å². The first-order valence-corrected chi connectivity index (χ1v) is 15.3. The molecule has 0 saturated heterocycles. The molecule has 0 bridgehead atoms. The SMILES string of the molecule is C/C=[C](\CCI)[Sn]([CH3])([CH3])[CH3]. The molecule has 0 spiro atoms. The van der Waals surface area contributed by atoms with Gasteiger partial charge in [-0.2, -0.15) is 0 Å². The zero-order valence-corrected chi connectivity index (χ0v) is 12.4. The van der Waals surface area contributed by atoms with Gasteiger partial charge in [-0.25, -0.2) is 0 Å². The fraction of sp³-hybridized carbons (Fsp3) is 0.750. The first kappa shape index (κ1) is 11.3. The minimum atomic E-state index is -1.63. The molecule has 0 N–H and O–H groups in total. The van der Waals surface area contributed by atoms with E-state index >= 15 is 0 Å². The predicted octanol–water partition coefficient (Wildman–Crippen LogP) is 3.64. The van der Waals surface area contributed by atoms with Crippen LogP contribution in [0.25, 0.3) is 0 Å². The molecule has 0 aliphatic rings. The normalized spacial score (nSPS) is 13.9. The van der Waals surface area contributed by atoms with Crippen molar-refractivity contribution in [2.75, 3.05) is 4.43 Å². The summed E-state index contributed by atoms with van der Waals surface area (Å²) in [6.07, 6.45) is 3.67. The molecule has 0 saturated carbocycles. The molecule has 0 aromatic carbocycles. The Kier molecular flexibility index (Phi) is 5.65. The van der Waals surface area contributed by atoms with E-state index in [1.54, 1.807) is 3.59 Å². The van der Waals surface area contributed by atoms with Crippen LogP contribution in [0, 0.1) is 0 Å². The Morgan fingerprint density at radius 3 is 2.00 bits per heavy atom. The molecule has 60 valence electrons. The van der Waals surface area contributed by atoms with Gasteiger partial charge in [0, 0.05) is 0 Å². The average Bonchev–Trinajstić information content (AvgIpc) is 1.80. The van der Waals surface area contributed by atoms with Gasteiger partial charge in [0.15, 0.2) is 0 Å². The van der Waals surface area contributed by atoms with Crippen molar-refractivity contribution in [2.24, 2.45) is 0 Å². The van der Waals surface area contributed by atoms with Crippen molar-refractivity contribution in [2.45, 2.75) is 28.2 Å². The van der Waals surface area contributed by atoms with E-state index in [4.69, 9.17) is 0 Å². The van der Waals surface area contributed by atoms with Crippen molar-refractivity contribution in [1.29, 1.82) is 0 Å². The molecule has 0 aromatic rings. The van der Waals surface area contributed by atoms with E-state index in [0.29, 0.717) is 0 Å². The van der Waals surface area contributed by atoms with Gasteiger partial charge in [0.1, 0.15) is 0 Å². The fourth-order valence-electron chi connectivity index (χ4n) is 1.05. The van der Waals surface area contributed by atoms with Crippen molar-refractivity contribution in [3.05, 3.63) is 9.67 Å². The minimum absolute atomic E-state index is 1.28. The molecule has 0 amide bonds. The Hall–Kier alpha value is 1.27. The van der Waals surface area contributed by atoms with E-state index in [1.165, 1.54) is 10.8 Å². The number of halogens is 1. The van der Waals surface area contributed by atoms with Crippen molar-refractivity contribution in [3.63, 3.8) is 0 Å². The van der Waals surface area contributed by atoms with Crippen LogP contribution in [0.2, 0.25) is 14.8 Å². The predicted molar refractivity (Wildman–Crippen MR) is 60.6 cm³/mol. The summed E-state index contributed by atoms with van der Waals surface area (Å²) >= 11 is 0.828. The van der Waals surface area contributed by atoms with Crippen LogP contribution in [-0.4, -0.2) is 22.8 Å². The molecule has 0 radical (unpaired) electrons. The molecular weight excluding hydrogens is 342 g/mol. The second kappa shape index (κ2) is 5.01. The van der Waals surface area contributed by atoms with Crippen LogP contribution in [-0.2, 0) is 0 Å². The van der Waals surface area contributed by atoms with E-state index in [2.05, 4.69) is 50.4 Å². The average molecular weight is 359 g/mol. The summed E-state index contributed by atoms with van der Waals surface area (Å²) in [6.45, 7) is 2.18. The molecule has 0 rings (SSSR count). The van der Waals surface area contributed by atoms with Gasteiger partial charge >= 0.3 is 83.2 Å². The van der Waals surface area contributed by atoms with E-state index in [0.717, 1.165) is 0 Å². The Bertz CT molecular complexity index is 122. The van der Waals surface area contributed by atoms with Crippen LogP contribution in [0.15, 0.2) is 9.67 Å². The maximum absolute atomic E-state index is 2.48. The van der Waals surface area contributed by atoms with Gasteiger partial charge in [-0.1, -0.05) is 0 Å². The van der Waals surface area contributed by atoms with Crippen LogP contribution in [0.3, 0.4) is 0 Å². The molecule has 0 aliphatic carbocycles. The standard InChI is InChI=1S/C5H8I.3CH3.Sn/c1-2-3-4-5-6;;;;/h2H,4-5H2,1H3;3*1H3;. The van der Waals surface area contributed by atoms with E-state index in [-0.39, 0.29) is 0 Å². The second-order valence-electron chi connectivity index (χ2n) is 3.50. The summed E-state index contributed by atoms with van der Waals surface area (Å²) in [7, 11) is 0. The van der Waals surface area contributed by atoms with E-state index in [9.17, 15) is 0 Å². The number of alkyl halides is 1. The molecule has 0 fully saturated rings. The Labute approximate surface area is 82.5 Å². The number of rotatable bonds is 3. The second-order valence-corrected chi connectivity index (χ2v) is 19.3. The molecular formula is C8H17ISn. The van der Waals surface area contributed by atoms with Gasteiger partial charge in [0.25, 0.3) is 0 Å². The quantitative estimate of drug-likeness (QED) is 0.410. The van der Waals surface area contributed by atoms with Crippen LogP contribution in [0.1, 0.15) is 13.3 Å². The first-order valence-electron chi connectivity index (χ1n) is 3.74. The van der Waals surface area contributed by atoms with Crippen molar-refractivity contribution in [3.8, 4) is 0 Å². The summed E-state index contributed by atoms with van der Waals surface area (Å²) in [5, 5.41) is 0. The third-order valence-electron chi connectivity index (χ3n) is 1.68. The van der Waals surface area contributed by atoms with Gasteiger partial charge in [-0.3, -0.25) is 0 Å². The van der Waals surface area contributed by atoms with Crippen LogP contribution < -0.4 is 0 Å². The van der Waals surface area contributed by atoms with E-state index in [1.807, 2.05) is 0 Å². The van der Waals surface area contributed by atoms with Gasteiger partial charge < -0.3 is 0 Å². The van der Waals surface area contributed by atoms with Gasteiger partial charge in [-0.15, -0.1) is 0 Å². The summed E-state index contributed by atoms with van der Waals surface area (Å²) in [5.74, 6) is 0. The molecule has 0 atom stereocenters. The molecule has 0 unspecified atom stereocenters. The maximum atomic E-state index is 2.48. The van der Waals surface area contributed by atoms with Crippen LogP contribution >= 0.6 is 22.6 Å². The molecule has 10 heavy (non-hydrogen) atoms. The summed E-state index contributed by atoms with van der Waals surface area (Å²) in [5.41, 5.74) is 0. The van der Waals surface area contributed by atoms with Gasteiger partial charge in [0.05, 0.1) is 0 Å². The molecule has 0 aromatic heterocycles. The van der Waals surface area contributed by atoms with Crippen molar-refractivity contribution < 1.29 is 0 Å².